The molecule has 0 aliphatic carbocycles. The van der Waals surface area contributed by atoms with E-state index in [0.29, 0.717) is 6.61 Å². The molecule has 1 saturated heterocycles. The van der Waals surface area contributed by atoms with Crippen LogP contribution in [0.5, 0.6) is 0 Å². The van der Waals surface area contributed by atoms with Crippen molar-refractivity contribution in [1.29, 1.82) is 0 Å². The molecule has 1 amide bonds. The van der Waals surface area contributed by atoms with Gasteiger partial charge < -0.3 is 15.8 Å². The Morgan fingerprint density at radius 3 is 2.53 bits per heavy atom. The summed E-state index contributed by atoms with van der Waals surface area (Å²) in [7, 11) is 0. The first-order chi connectivity index (χ1) is 7.62. The lowest BCUT2D eigenvalue weighted by atomic mass is 9.86. The van der Waals surface area contributed by atoms with E-state index < -0.39 is 6.04 Å². The van der Waals surface area contributed by atoms with Crippen molar-refractivity contribution in [1.82, 2.24) is 5.32 Å². The highest BCUT2D eigenvalue weighted by Gasteiger charge is 2.33. The fraction of sp³-hybridized carbons (Fsp3) is 0.923. The molecular weight excluding hydrogens is 216 g/mol. The highest BCUT2D eigenvalue weighted by molar-refractivity contribution is 5.82. The zero-order valence-corrected chi connectivity index (χ0v) is 11.7. The predicted molar refractivity (Wildman–Crippen MR) is 68.6 cm³/mol. The van der Waals surface area contributed by atoms with Crippen LogP contribution in [0.15, 0.2) is 0 Å². The largest absolute Gasteiger partial charge is 0.375 e. The Balaban J connectivity index is 2.52. The predicted octanol–water partition coefficient (Wildman–Crippen LogP) is 1.43. The van der Waals surface area contributed by atoms with Crippen LogP contribution in [0.4, 0.5) is 0 Å². The van der Waals surface area contributed by atoms with E-state index in [2.05, 4.69) is 19.2 Å². The van der Waals surface area contributed by atoms with Crippen LogP contribution >= 0.6 is 0 Å². The molecule has 1 aliphatic rings. The third-order valence-corrected chi connectivity index (χ3v) is 3.26. The summed E-state index contributed by atoms with van der Waals surface area (Å²) >= 11 is 0. The number of hydrogen-bond donors (Lipinski definition) is 2. The van der Waals surface area contributed by atoms with Crippen LogP contribution in [-0.4, -0.2) is 30.2 Å². The molecule has 1 fully saturated rings. The van der Waals surface area contributed by atoms with Crippen molar-refractivity contribution >= 4 is 5.91 Å². The van der Waals surface area contributed by atoms with Gasteiger partial charge in [-0.1, -0.05) is 20.8 Å². The number of amides is 1. The van der Waals surface area contributed by atoms with Gasteiger partial charge in [-0.15, -0.1) is 0 Å². The van der Waals surface area contributed by atoms with Gasteiger partial charge in [0.05, 0.1) is 11.6 Å². The summed E-state index contributed by atoms with van der Waals surface area (Å²) in [5.41, 5.74) is 5.58. The van der Waals surface area contributed by atoms with Crippen molar-refractivity contribution in [3.8, 4) is 0 Å². The third kappa shape index (κ3) is 4.28. The van der Waals surface area contributed by atoms with Gasteiger partial charge in [0.25, 0.3) is 0 Å². The average molecular weight is 242 g/mol. The maximum absolute atomic E-state index is 12.0. The van der Waals surface area contributed by atoms with Gasteiger partial charge in [-0.25, -0.2) is 0 Å². The number of nitrogens with two attached hydrogens (primary N) is 1. The zero-order chi connectivity index (χ0) is 13.3. The molecule has 2 atom stereocenters. The Hall–Kier alpha value is -0.610. The molecule has 0 spiro atoms. The van der Waals surface area contributed by atoms with E-state index in [1.165, 1.54) is 0 Å². The number of rotatable bonds is 2. The van der Waals surface area contributed by atoms with E-state index in [4.69, 9.17) is 10.5 Å². The molecule has 0 aromatic carbocycles. The molecule has 0 bridgehead atoms. The molecule has 100 valence electrons. The molecule has 4 heteroatoms. The number of hydrogen-bond acceptors (Lipinski definition) is 3. The van der Waals surface area contributed by atoms with Gasteiger partial charge in [-0.3, -0.25) is 4.79 Å². The molecule has 1 aliphatic heterocycles. The fourth-order valence-electron chi connectivity index (χ4n) is 2.04. The summed E-state index contributed by atoms with van der Waals surface area (Å²) < 4.78 is 5.62. The monoisotopic (exact) mass is 242 g/mol. The topological polar surface area (TPSA) is 64.4 Å². The van der Waals surface area contributed by atoms with Gasteiger partial charge in [-0.2, -0.15) is 0 Å². The lowest BCUT2D eigenvalue weighted by Gasteiger charge is -2.37. The minimum absolute atomic E-state index is 0.0554. The minimum atomic E-state index is -0.464. The van der Waals surface area contributed by atoms with Crippen molar-refractivity contribution in [2.45, 2.75) is 65.1 Å². The molecular formula is C13H26N2O2. The molecule has 0 aromatic heterocycles. The quantitative estimate of drug-likeness (QED) is 0.770. The summed E-state index contributed by atoms with van der Waals surface area (Å²) in [5.74, 6) is -0.0554. The maximum Gasteiger partial charge on any atom is 0.237 e. The van der Waals surface area contributed by atoms with Crippen LogP contribution in [0.1, 0.15) is 47.5 Å². The second kappa shape index (κ2) is 4.94. The fourth-order valence-corrected chi connectivity index (χ4v) is 2.04. The summed E-state index contributed by atoms with van der Waals surface area (Å²) in [6.45, 7) is 10.7. The second-order valence-corrected chi connectivity index (χ2v) is 6.65. The van der Waals surface area contributed by atoms with E-state index in [-0.39, 0.29) is 23.0 Å². The first-order valence-electron chi connectivity index (χ1n) is 6.32. The first kappa shape index (κ1) is 14.5. The van der Waals surface area contributed by atoms with Gasteiger partial charge in [0, 0.05) is 12.6 Å². The van der Waals surface area contributed by atoms with Crippen molar-refractivity contribution < 1.29 is 9.53 Å². The van der Waals surface area contributed by atoms with E-state index in [0.717, 1.165) is 12.8 Å². The third-order valence-electron chi connectivity index (χ3n) is 3.26. The summed E-state index contributed by atoms with van der Waals surface area (Å²) in [6, 6.07) is -0.284. The van der Waals surface area contributed by atoms with Crippen LogP contribution < -0.4 is 11.1 Å². The molecule has 0 radical (unpaired) electrons. The van der Waals surface area contributed by atoms with Gasteiger partial charge in [-0.05, 0) is 32.1 Å². The lowest BCUT2D eigenvalue weighted by Crippen LogP contribution is -2.54. The molecule has 1 rings (SSSR count). The molecule has 0 saturated carbocycles. The number of carbonyl (C=O) groups excluding carboxylic acids is 1. The first-order valence-corrected chi connectivity index (χ1v) is 6.32. The summed E-state index contributed by atoms with van der Waals surface area (Å²) in [5, 5.41) is 3.04. The number of carbonyl (C=O) groups is 1. The van der Waals surface area contributed by atoms with Crippen LogP contribution in [0.25, 0.3) is 0 Å². The zero-order valence-electron chi connectivity index (χ0n) is 11.7. The Labute approximate surface area is 104 Å². The van der Waals surface area contributed by atoms with E-state index in [1.807, 2.05) is 20.8 Å². The van der Waals surface area contributed by atoms with Gasteiger partial charge in [0.15, 0.2) is 0 Å². The minimum Gasteiger partial charge on any atom is -0.375 e. The molecule has 3 N–H and O–H groups in total. The highest BCUT2D eigenvalue weighted by Crippen LogP contribution is 2.24. The number of nitrogens with one attached hydrogen (secondary N) is 1. The molecule has 17 heavy (non-hydrogen) atoms. The van der Waals surface area contributed by atoms with Gasteiger partial charge in [0.1, 0.15) is 0 Å². The van der Waals surface area contributed by atoms with Crippen molar-refractivity contribution in [3.05, 3.63) is 0 Å². The Morgan fingerprint density at radius 1 is 1.47 bits per heavy atom. The molecule has 0 aromatic rings. The van der Waals surface area contributed by atoms with E-state index >= 15 is 0 Å². The SMILES string of the molecule is CC1(C)CC(NC(=O)[C@@H](N)C(C)(C)C)CCO1. The number of ether oxygens (including phenoxy) is 1. The molecule has 4 nitrogen and oxygen atoms in total. The van der Waals surface area contributed by atoms with Crippen LogP contribution in [0, 0.1) is 5.41 Å². The molecule has 1 heterocycles. The highest BCUT2D eigenvalue weighted by atomic mass is 16.5. The van der Waals surface area contributed by atoms with Gasteiger partial charge >= 0.3 is 0 Å². The van der Waals surface area contributed by atoms with E-state index in [1.54, 1.807) is 0 Å². The van der Waals surface area contributed by atoms with Crippen molar-refractivity contribution in [2.75, 3.05) is 6.61 Å². The lowest BCUT2D eigenvalue weighted by molar-refractivity contribution is -0.127. The summed E-state index contributed by atoms with van der Waals surface area (Å²) in [4.78, 5) is 12.0. The van der Waals surface area contributed by atoms with Crippen LogP contribution in [0.2, 0.25) is 0 Å². The average Bonchev–Trinajstić information content (AvgIpc) is 2.13. The van der Waals surface area contributed by atoms with Crippen LogP contribution in [0.3, 0.4) is 0 Å². The smallest absolute Gasteiger partial charge is 0.237 e. The normalized spacial score (nSPS) is 26.4. The maximum atomic E-state index is 12.0. The standard InChI is InChI=1S/C13H26N2O2/c1-12(2,3)10(14)11(16)15-9-6-7-17-13(4,5)8-9/h9-10H,6-8,14H2,1-5H3,(H,15,16)/t9?,10-/m1/s1. The van der Waals surface area contributed by atoms with Crippen molar-refractivity contribution in [2.24, 2.45) is 11.1 Å². The second-order valence-electron chi connectivity index (χ2n) is 6.65. The Morgan fingerprint density at radius 2 is 2.06 bits per heavy atom. The van der Waals surface area contributed by atoms with Crippen LogP contribution in [-0.2, 0) is 9.53 Å². The van der Waals surface area contributed by atoms with Gasteiger partial charge in [0.2, 0.25) is 5.91 Å². The van der Waals surface area contributed by atoms with Crippen molar-refractivity contribution in [3.63, 3.8) is 0 Å². The Bertz CT molecular complexity index is 282. The van der Waals surface area contributed by atoms with E-state index in [9.17, 15) is 4.79 Å². The molecule has 1 unspecified atom stereocenters. The Kier molecular flexibility index (Phi) is 4.20. The summed E-state index contributed by atoms with van der Waals surface area (Å²) in [6.07, 6.45) is 1.71.